The molecular formula is C7H12IN3O. The van der Waals surface area contributed by atoms with Crippen molar-refractivity contribution >= 4 is 23.0 Å². The summed E-state index contributed by atoms with van der Waals surface area (Å²) in [6.45, 7) is 6.75. The number of halogens is 1. The summed E-state index contributed by atoms with van der Waals surface area (Å²) in [5.74, 6) is 0. The second kappa shape index (κ2) is 3.69. The molecule has 0 aliphatic rings. The third kappa shape index (κ3) is 2.41. The summed E-state index contributed by atoms with van der Waals surface area (Å²) in [5, 5.41) is 7.94. The first-order valence-electron chi connectivity index (χ1n) is 3.69. The lowest BCUT2D eigenvalue weighted by atomic mass is 10.1. The minimum Gasteiger partial charge on any atom is -0.309 e. The van der Waals surface area contributed by atoms with Crippen LogP contribution < -0.4 is 0 Å². The Kier molecular flexibility index (Phi) is 3.05. The topological polar surface area (TPSA) is 39.9 Å². The molecule has 4 nitrogen and oxygen atoms in total. The number of hydrogen-bond donors (Lipinski definition) is 0. The molecule has 0 aliphatic heterocycles. The third-order valence-electron chi connectivity index (χ3n) is 1.43. The van der Waals surface area contributed by atoms with Gasteiger partial charge in [-0.05, 0) is 20.8 Å². The molecule has 0 atom stereocenters. The Morgan fingerprint density at radius 2 is 2.25 bits per heavy atom. The van der Waals surface area contributed by atoms with E-state index in [2.05, 4.69) is 31.1 Å². The van der Waals surface area contributed by atoms with Gasteiger partial charge in [-0.1, -0.05) is 5.21 Å². The highest BCUT2D eigenvalue weighted by atomic mass is 127. The Balaban J connectivity index is 2.77. The lowest BCUT2D eigenvalue weighted by Crippen LogP contribution is -2.22. The van der Waals surface area contributed by atoms with Crippen LogP contribution in [0.4, 0.5) is 0 Å². The maximum atomic E-state index is 4.91. The summed E-state index contributed by atoms with van der Waals surface area (Å²) in [5.41, 5.74) is 0.857. The smallest absolute Gasteiger partial charge is 0.110 e. The van der Waals surface area contributed by atoms with Gasteiger partial charge < -0.3 is 3.07 Å². The highest BCUT2D eigenvalue weighted by Crippen LogP contribution is 2.12. The van der Waals surface area contributed by atoms with Crippen molar-refractivity contribution in [2.24, 2.45) is 0 Å². The Morgan fingerprint density at radius 1 is 1.58 bits per heavy atom. The first kappa shape index (κ1) is 9.91. The van der Waals surface area contributed by atoms with Crippen LogP contribution in [0.25, 0.3) is 0 Å². The third-order valence-corrected chi connectivity index (χ3v) is 1.74. The lowest BCUT2D eigenvalue weighted by Gasteiger charge is -2.17. The van der Waals surface area contributed by atoms with Crippen molar-refractivity contribution in [2.75, 3.05) is 0 Å². The van der Waals surface area contributed by atoms with Crippen LogP contribution in [0.1, 0.15) is 26.5 Å². The van der Waals surface area contributed by atoms with E-state index in [0.717, 1.165) is 5.69 Å². The maximum absolute atomic E-state index is 4.91. The van der Waals surface area contributed by atoms with E-state index in [9.17, 15) is 0 Å². The summed E-state index contributed by atoms with van der Waals surface area (Å²) in [7, 11) is 0. The molecule has 0 unspecified atom stereocenters. The van der Waals surface area contributed by atoms with Gasteiger partial charge in [-0.25, -0.2) is 4.68 Å². The van der Waals surface area contributed by atoms with Crippen LogP contribution in [0.2, 0.25) is 0 Å². The fraction of sp³-hybridized carbons (Fsp3) is 0.714. The van der Waals surface area contributed by atoms with Crippen molar-refractivity contribution in [3.63, 3.8) is 0 Å². The van der Waals surface area contributed by atoms with Gasteiger partial charge in [0.1, 0.15) is 35.3 Å². The SMILES string of the molecule is CC(C)(C)n1cc(COI)nn1. The molecule has 1 aromatic heterocycles. The Hall–Kier alpha value is -0.170. The maximum Gasteiger partial charge on any atom is 0.110 e. The summed E-state index contributed by atoms with van der Waals surface area (Å²) >= 11 is 1.84. The van der Waals surface area contributed by atoms with Crippen molar-refractivity contribution in [2.45, 2.75) is 32.9 Å². The van der Waals surface area contributed by atoms with Crippen LogP contribution in [0.5, 0.6) is 0 Å². The molecule has 0 saturated heterocycles. The molecule has 0 aromatic carbocycles. The molecular weight excluding hydrogens is 269 g/mol. The van der Waals surface area contributed by atoms with Crippen molar-refractivity contribution < 1.29 is 3.07 Å². The molecule has 1 aromatic rings. The van der Waals surface area contributed by atoms with E-state index >= 15 is 0 Å². The quantitative estimate of drug-likeness (QED) is 0.777. The monoisotopic (exact) mass is 281 g/mol. The summed E-state index contributed by atoms with van der Waals surface area (Å²) < 4.78 is 6.74. The normalized spacial score (nSPS) is 12.0. The predicted octanol–water partition coefficient (Wildman–Crippen LogP) is 1.90. The average Bonchev–Trinajstić information content (AvgIpc) is 2.35. The van der Waals surface area contributed by atoms with E-state index in [1.165, 1.54) is 0 Å². The van der Waals surface area contributed by atoms with Crippen molar-refractivity contribution in [1.82, 2.24) is 15.0 Å². The summed E-state index contributed by atoms with van der Waals surface area (Å²) in [4.78, 5) is 0. The number of rotatable bonds is 2. The minimum absolute atomic E-state index is 0.00345. The van der Waals surface area contributed by atoms with Crippen LogP contribution in [0, 0.1) is 0 Å². The fourth-order valence-electron chi connectivity index (χ4n) is 0.748. The van der Waals surface area contributed by atoms with Crippen molar-refractivity contribution in [1.29, 1.82) is 0 Å². The Labute approximate surface area is 86.0 Å². The van der Waals surface area contributed by atoms with Gasteiger partial charge in [-0.2, -0.15) is 0 Å². The predicted molar refractivity (Wildman–Crippen MR) is 53.8 cm³/mol. The number of aromatic nitrogens is 3. The molecule has 0 spiro atoms. The van der Waals surface area contributed by atoms with E-state index in [0.29, 0.717) is 6.61 Å². The molecule has 0 radical (unpaired) electrons. The number of nitrogens with zero attached hydrogens (tertiary/aromatic N) is 3. The van der Waals surface area contributed by atoms with Crippen LogP contribution in [-0.2, 0) is 15.2 Å². The van der Waals surface area contributed by atoms with Gasteiger partial charge >= 0.3 is 0 Å². The number of hydrogen-bond acceptors (Lipinski definition) is 3. The standard InChI is InChI=1S/C7H12IN3O/c1-7(2,3)11-4-6(5-12-8)9-10-11/h4H,5H2,1-3H3. The van der Waals surface area contributed by atoms with Gasteiger partial charge in [0.2, 0.25) is 0 Å². The minimum atomic E-state index is -0.00345. The second-order valence-corrected chi connectivity index (χ2v) is 4.20. The lowest BCUT2D eigenvalue weighted by molar-refractivity contribution is 0.346. The van der Waals surface area contributed by atoms with Crippen LogP contribution in [-0.4, -0.2) is 15.0 Å². The largest absolute Gasteiger partial charge is 0.309 e. The fourth-order valence-corrected chi connectivity index (χ4v) is 1.07. The van der Waals surface area contributed by atoms with Gasteiger partial charge in [0.15, 0.2) is 0 Å². The van der Waals surface area contributed by atoms with E-state index < -0.39 is 0 Å². The molecule has 0 aliphatic carbocycles. The Morgan fingerprint density at radius 3 is 2.67 bits per heavy atom. The van der Waals surface area contributed by atoms with Gasteiger partial charge in [0.25, 0.3) is 0 Å². The van der Waals surface area contributed by atoms with Gasteiger partial charge in [0.05, 0.1) is 11.7 Å². The van der Waals surface area contributed by atoms with Crippen molar-refractivity contribution in [3.8, 4) is 0 Å². The van der Waals surface area contributed by atoms with E-state index in [1.54, 1.807) is 0 Å². The molecule has 5 heteroatoms. The second-order valence-electron chi connectivity index (χ2n) is 3.58. The zero-order chi connectivity index (χ0) is 9.19. The summed E-state index contributed by atoms with van der Waals surface area (Å²) in [6.07, 6.45) is 1.90. The molecule has 0 N–H and O–H groups in total. The van der Waals surface area contributed by atoms with Crippen LogP contribution in [0.15, 0.2) is 6.20 Å². The molecule has 0 bridgehead atoms. The molecule has 0 amide bonds. The first-order valence-corrected chi connectivity index (χ1v) is 4.57. The first-order chi connectivity index (χ1) is 5.54. The summed E-state index contributed by atoms with van der Waals surface area (Å²) in [6, 6.07) is 0. The molecule has 1 rings (SSSR count). The Bertz CT molecular complexity index is 253. The van der Waals surface area contributed by atoms with Crippen molar-refractivity contribution in [3.05, 3.63) is 11.9 Å². The van der Waals surface area contributed by atoms with Crippen LogP contribution >= 0.6 is 23.0 Å². The van der Waals surface area contributed by atoms with E-state index in [-0.39, 0.29) is 5.54 Å². The van der Waals surface area contributed by atoms with Gasteiger partial charge in [-0.3, -0.25) is 0 Å². The van der Waals surface area contributed by atoms with Gasteiger partial charge in [-0.15, -0.1) is 5.10 Å². The molecule has 0 fully saturated rings. The molecule has 1 heterocycles. The zero-order valence-corrected chi connectivity index (χ0v) is 9.57. The van der Waals surface area contributed by atoms with E-state index in [1.807, 2.05) is 33.9 Å². The zero-order valence-electron chi connectivity index (χ0n) is 7.41. The van der Waals surface area contributed by atoms with E-state index in [4.69, 9.17) is 3.07 Å². The average molecular weight is 281 g/mol. The molecule has 12 heavy (non-hydrogen) atoms. The molecule has 0 saturated carbocycles. The van der Waals surface area contributed by atoms with Crippen LogP contribution in [0.3, 0.4) is 0 Å². The molecule has 68 valence electrons. The highest BCUT2D eigenvalue weighted by molar-refractivity contribution is 14.1. The highest BCUT2D eigenvalue weighted by Gasteiger charge is 2.14. The van der Waals surface area contributed by atoms with Gasteiger partial charge in [0, 0.05) is 0 Å².